The van der Waals surface area contributed by atoms with Gasteiger partial charge in [0.25, 0.3) is 5.82 Å². The molecule has 0 saturated heterocycles. The molecule has 0 fully saturated rings. The van der Waals surface area contributed by atoms with Crippen LogP contribution in [0.25, 0.3) is 0 Å². The maximum absolute atomic E-state index is 10.7. The maximum Gasteiger partial charge on any atom is 0.377 e. The molecule has 1 heterocycles. The van der Waals surface area contributed by atoms with E-state index in [2.05, 4.69) is 26.7 Å². The second kappa shape index (κ2) is 2.98. The van der Waals surface area contributed by atoms with Crippen molar-refractivity contribution in [2.24, 2.45) is 0 Å². The molecule has 54 valence electrons. The maximum atomic E-state index is 10.7. The molecule has 10 heavy (non-hydrogen) atoms. The molecule has 0 amide bonds. The molecule has 0 unspecified atom stereocenters. The Morgan fingerprint density at radius 2 is 2.50 bits per heavy atom. The third kappa shape index (κ3) is 1.45. The predicted molar refractivity (Wildman–Crippen MR) is 38.5 cm³/mol. The molecular weight excluding hydrogens is 172 g/mol. The standard InChI is InChI=1S/C4H4N2O2S2/c1-8-3(7)2-5-4(9)10-6-2/h1H3,(H,5,6,9). The number of hydrogen-bond acceptors (Lipinski definition) is 6. The Morgan fingerprint density at radius 3 is 2.90 bits per heavy atom. The summed E-state index contributed by atoms with van der Waals surface area (Å²) < 4.78 is 8.48. The molecule has 4 nitrogen and oxygen atoms in total. The summed E-state index contributed by atoms with van der Waals surface area (Å²) in [5.74, 6) is -0.464. The quantitative estimate of drug-likeness (QED) is 0.503. The topological polar surface area (TPSA) is 52.1 Å². The van der Waals surface area contributed by atoms with Gasteiger partial charge >= 0.3 is 5.97 Å². The molecule has 0 aliphatic carbocycles. The third-order valence-corrected chi connectivity index (χ3v) is 1.65. The molecule has 0 bridgehead atoms. The molecule has 6 heteroatoms. The Bertz CT molecular complexity index is 247. The molecule has 1 rings (SSSR count). The van der Waals surface area contributed by atoms with E-state index in [9.17, 15) is 4.79 Å². The monoisotopic (exact) mass is 176 g/mol. The van der Waals surface area contributed by atoms with Gasteiger partial charge in [0, 0.05) is 0 Å². The van der Waals surface area contributed by atoms with Crippen LogP contribution in [0.2, 0.25) is 0 Å². The van der Waals surface area contributed by atoms with Gasteiger partial charge in [-0.2, -0.15) is 4.37 Å². The van der Waals surface area contributed by atoms with Gasteiger partial charge in [-0.3, -0.25) is 0 Å². The van der Waals surface area contributed by atoms with Crippen LogP contribution < -0.4 is 0 Å². The van der Waals surface area contributed by atoms with Crippen LogP contribution in [0.3, 0.4) is 0 Å². The summed E-state index contributed by atoms with van der Waals surface area (Å²) in [5, 5.41) is 0. The van der Waals surface area contributed by atoms with E-state index < -0.39 is 5.97 Å². The molecule has 0 spiro atoms. The summed E-state index contributed by atoms with van der Waals surface area (Å²) in [7, 11) is 1.28. The normalized spacial score (nSPS) is 9.40. The van der Waals surface area contributed by atoms with Crippen molar-refractivity contribution in [3.63, 3.8) is 0 Å². The molecule has 0 aliphatic heterocycles. The zero-order valence-electron chi connectivity index (χ0n) is 5.07. The van der Waals surface area contributed by atoms with Gasteiger partial charge in [-0.1, -0.05) is 0 Å². The van der Waals surface area contributed by atoms with Crippen LogP contribution in [-0.2, 0) is 4.74 Å². The van der Waals surface area contributed by atoms with Gasteiger partial charge in [0.1, 0.15) is 0 Å². The number of ether oxygens (including phenoxy) is 1. The first-order valence-electron chi connectivity index (χ1n) is 2.35. The smallest absolute Gasteiger partial charge is 0.377 e. The van der Waals surface area contributed by atoms with E-state index in [0.29, 0.717) is 4.34 Å². The van der Waals surface area contributed by atoms with Crippen LogP contribution in [0.5, 0.6) is 0 Å². The lowest BCUT2D eigenvalue weighted by Gasteiger charge is -1.88. The Morgan fingerprint density at radius 1 is 1.80 bits per heavy atom. The van der Waals surface area contributed by atoms with Crippen molar-refractivity contribution >= 4 is 30.1 Å². The minimum atomic E-state index is -0.531. The number of esters is 1. The van der Waals surface area contributed by atoms with Gasteiger partial charge in [-0.15, -0.1) is 12.6 Å². The van der Waals surface area contributed by atoms with Gasteiger partial charge in [0.15, 0.2) is 4.34 Å². The van der Waals surface area contributed by atoms with Gasteiger partial charge in [-0.05, 0) is 11.5 Å². The second-order valence-corrected chi connectivity index (χ2v) is 2.87. The van der Waals surface area contributed by atoms with Gasteiger partial charge in [0.2, 0.25) is 0 Å². The average Bonchev–Trinajstić information content (AvgIpc) is 2.34. The minimum absolute atomic E-state index is 0.0671. The summed E-state index contributed by atoms with van der Waals surface area (Å²) >= 11 is 4.93. The van der Waals surface area contributed by atoms with E-state index in [-0.39, 0.29) is 5.82 Å². The first-order chi connectivity index (χ1) is 4.74. The second-order valence-electron chi connectivity index (χ2n) is 1.39. The number of rotatable bonds is 1. The number of carbonyl (C=O) groups is 1. The van der Waals surface area contributed by atoms with E-state index in [1.165, 1.54) is 7.11 Å². The van der Waals surface area contributed by atoms with Crippen molar-refractivity contribution in [1.29, 1.82) is 0 Å². The highest BCUT2D eigenvalue weighted by Gasteiger charge is 2.10. The zero-order chi connectivity index (χ0) is 7.56. The lowest BCUT2D eigenvalue weighted by atomic mass is 10.6. The molecule has 1 aromatic rings. The van der Waals surface area contributed by atoms with E-state index in [0.717, 1.165) is 11.5 Å². The molecule has 0 aromatic carbocycles. The Kier molecular flexibility index (Phi) is 2.23. The van der Waals surface area contributed by atoms with E-state index in [4.69, 9.17) is 0 Å². The largest absolute Gasteiger partial charge is 0.463 e. The number of carbonyl (C=O) groups excluding carboxylic acids is 1. The summed E-state index contributed by atoms with van der Waals surface area (Å²) in [4.78, 5) is 14.3. The van der Waals surface area contributed by atoms with Crippen LogP contribution in [-0.4, -0.2) is 22.4 Å². The van der Waals surface area contributed by atoms with Crippen molar-refractivity contribution < 1.29 is 9.53 Å². The highest BCUT2D eigenvalue weighted by atomic mass is 32.2. The van der Waals surface area contributed by atoms with Crippen molar-refractivity contribution in [2.75, 3.05) is 7.11 Å². The summed E-state index contributed by atoms with van der Waals surface area (Å²) in [6, 6.07) is 0. The first-order valence-corrected chi connectivity index (χ1v) is 3.57. The lowest BCUT2D eigenvalue weighted by Crippen LogP contribution is -2.02. The SMILES string of the molecule is COC(=O)c1nsc(S)n1. The average molecular weight is 176 g/mol. The highest BCUT2D eigenvalue weighted by Crippen LogP contribution is 2.08. The first kappa shape index (κ1) is 7.49. The van der Waals surface area contributed by atoms with Crippen molar-refractivity contribution in [3.8, 4) is 0 Å². The van der Waals surface area contributed by atoms with Gasteiger partial charge in [0.05, 0.1) is 7.11 Å². The summed E-state index contributed by atoms with van der Waals surface area (Å²) in [6.45, 7) is 0. The van der Waals surface area contributed by atoms with Crippen LogP contribution in [0.1, 0.15) is 10.6 Å². The number of thiol groups is 1. The van der Waals surface area contributed by atoms with Crippen LogP contribution in [0.4, 0.5) is 0 Å². The number of hydrogen-bond donors (Lipinski definition) is 1. The summed E-state index contributed by atoms with van der Waals surface area (Å²) in [5.41, 5.74) is 0. The fourth-order valence-electron chi connectivity index (χ4n) is 0.390. The number of nitrogens with zero attached hydrogens (tertiary/aromatic N) is 2. The fraction of sp³-hybridized carbons (Fsp3) is 0.250. The molecule has 0 N–H and O–H groups in total. The number of aromatic nitrogens is 2. The molecule has 0 aliphatic rings. The van der Waals surface area contributed by atoms with Crippen molar-refractivity contribution in [1.82, 2.24) is 9.36 Å². The fourth-order valence-corrected chi connectivity index (χ4v) is 1.02. The predicted octanol–water partition coefficient (Wildman–Crippen LogP) is 0.613. The molecule has 1 aromatic heterocycles. The van der Waals surface area contributed by atoms with Crippen molar-refractivity contribution in [3.05, 3.63) is 5.82 Å². The molecular formula is C4H4N2O2S2. The minimum Gasteiger partial charge on any atom is -0.463 e. The number of methoxy groups -OCH3 is 1. The third-order valence-electron chi connectivity index (χ3n) is 0.783. The highest BCUT2D eigenvalue weighted by molar-refractivity contribution is 7.82. The molecule has 0 saturated carbocycles. The zero-order valence-corrected chi connectivity index (χ0v) is 6.78. The summed E-state index contributed by atoms with van der Waals surface area (Å²) in [6.07, 6.45) is 0. The Labute approximate surface area is 66.8 Å². The van der Waals surface area contributed by atoms with E-state index in [1.807, 2.05) is 0 Å². The Balaban J connectivity index is 2.85. The Hall–Kier alpha value is -0.620. The van der Waals surface area contributed by atoms with E-state index >= 15 is 0 Å². The van der Waals surface area contributed by atoms with Gasteiger partial charge < -0.3 is 4.74 Å². The van der Waals surface area contributed by atoms with Crippen LogP contribution in [0, 0.1) is 0 Å². The molecule has 0 radical (unpaired) electrons. The van der Waals surface area contributed by atoms with Crippen LogP contribution in [0.15, 0.2) is 4.34 Å². The molecule has 0 atom stereocenters. The van der Waals surface area contributed by atoms with Crippen LogP contribution >= 0.6 is 24.2 Å². The van der Waals surface area contributed by atoms with Gasteiger partial charge in [-0.25, -0.2) is 9.78 Å². The lowest BCUT2D eigenvalue weighted by molar-refractivity contribution is 0.0588. The van der Waals surface area contributed by atoms with E-state index in [1.54, 1.807) is 0 Å². The van der Waals surface area contributed by atoms with Crippen molar-refractivity contribution in [2.45, 2.75) is 4.34 Å².